The number of hydrogen-bond donors (Lipinski definition) is 1. The molecule has 0 fully saturated rings. The molecule has 146 valence electrons. The fourth-order valence-electron chi connectivity index (χ4n) is 2.97. The van der Waals surface area contributed by atoms with Gasteiger partial charge in [-0.25, -0.2) is 0 Å². The van der Waals surface area contributed by atoms with Crippen LogP contribution in [-0.4, -0.2) is 19.8 Å². The van der Waals surface area contributed by atoms with Crippen LogP contribution in [0.5, 0.6) is 11.5 Å². The number of anilines is 1. The monoisotopic (exact) mass is 375 g/mol. The fourth-order valence-corrected chi connectivity index (χ4v) is 2.97. The molecule has 3 rings (SSSR count). The first-order chi connectivity index (χ1) is 13.7. The first-order valence-corrected chi connectivity index (χ1v) is 9.91. The average Bonchev–Trinajstić information content (AvgIpc) is 2.72. The molecular weight excluding hydrogens is 346 g/mol. The van der Waals surface area contributed by atoms with Gasteiger partial charge in [-0.05, 0) is 67.6 Å². The van der Waals surface area contributed by atoms with Crippen molar-refractivity contribution in [3.05, 3.63) is 89.5 Å². The van der Waals surface area contributed by atoms with Crippen molar-refractivity contribution >= 4 is 5.69 Å². The molecular formula is C25H29NO2. The van der Waals surface area contributed by atoms with Gasteiger partial charge in [0.25, 0.3) is 0 Å². The molecule has 0 bridgehead atoms. The van der Waals surface area contributed by atoms with E-state index < -0.39 is 0 Å². The van der Waals surface area contributed by atoms with Gasteiger partial charge in [-0.3, -0.25) is 0 Å². The summed E-state index contributed by atoms with van der Waals surface area (Å²) in [4.78, 5) is 0. The normalized spacial score (nSPS) is 10.5. The zero-order chi connectivity index (χ0) is 19.6. The molecule has 0 aromatic heterocycles. The molecule has 0 aliphatic heterocycles. The van der Waals surface area contributed by atoms with Crippen molar-refractivity contribution in [3.8, 4) is 11.5 Å². The Morgan fingerprint density at radius 1 is 0.714 bits per heavy atom. The van der Waals surface area contributed by atoms with Crippen LogP contribution in [0.25, 0.3) is 0 Å². The van der Waals surface area contributed by atoms with Crippen molar-refractivity contribution in [1.82, 2.24) is 0 Å². The largest absolute Gasteiger partial charge is 0.494 e. The Kier molecular flexibility index (Phi) is 7.36. The van der Waals surface area contributed by atoms with E-state index in [1.807, 2.05) is 36.4 Å². The second-order valence-electron chi connectivity index (χ2n) is 6.99. The summed E-state index contributed by atoms with van der Waals surface area (Å²) >= 11 is 0. The average molecular weight is 376 g/mol. The van der Waals surface area contributed by atoms with E-state index in [2.05, 4.69) is 55.6 Å². The standard InChI is InChI=1S/C25H29NO2/c1-20-13-14-25(18-21(20)2)28-17-15-26-23-11-6-12-24(19-23)27-16-7-10-22-8-4-3-5-9-22/h3-6,8-9,11-14,18-19,26H,7,10,15-17H2,1-2H3. The van der Waals surface area contributed by atoms with Crippen molar-refractivity contribution < 1.29 is 9.47 Å². The minimum absolute atomic E-state index is 0.616. The van der Waals surface area contributed by atoms with E-state index in [1.54, 1.807) is 0 Å². The smallest absolute Gasteiger partial charge is 0.121 e. The van der Waals surface area contributed by atoms with Gasteiger partial charge in [0.1, 0.15) is 18.1 Å². The Balaban J connectivity index is 1.37. The van der Waals surface area contributed by atoms with Gasteiger partial charge in [0.2, 0.25) is 0 Å². The summed E-state index contributed by atoms with van der Waals surface area (Å²) in [5, 5.41) is 3.39. The molecule has 0 aliphatic rings. The van der Waals surface area contributed by atoms with E-state index in [1.165, 1.54) is 16.7 Å². The van der Waals surface area contributed by atoms with Crippen molar-refractivity contribution in [2.45, 2.75) is 26.7 Å². The predicted molar refractivity (Wildman–Crippen MR) is 117 cm³/mol. The third kappa shape index (κ3) is 6.34. The Hall–Kier alpha value is -2.94. The summed E-state index contributed by atoms with van der Waals surface area (Å²) in [6, 6.07) is 24.8. The second kappa shape index (κ2) is 10.4. The number of nitrogens with one attached hydrogen (secondary N) is 1. The molecule has 0 saturated heterocycles. The molecule has 0 spiro atoms. The highest BCUT2D eigenvalue weighted by molar-refractivity contribution is 5.48. The van der Waals surface area contributed by atoms with Gasteiger partial charge in [-0.1, -0.05) is 42.5 Å². The molecule has 0 radical (unpaired) electrons. The number of benzene rings is 3. The SMILES string of the molecule is Cc1ccc(OCCNc2cccc(OCCCc3ccccc3)c2)cc1C. The highest BCUT2D eigenvalue weighted by atomic mass is 16.5. The van der Waals surface area contributed by atoms with Crippen LogP contribution in [0.3, 0.4) is 0 Å². The van der Waals surface area contributed by atoms with Gasteiger partial charge in [-0.15, -0.1) is 0 Å². The maximum Gasteiger partial charge on any atom is 0.121 e. The zero-order valence-corrected chi connectivity index (χ0v) is 16.8. The van der Waals surface area contributed by atoms with Crippen molar-refractivity contribution in [2.24, 2.45) is 0 Å². The summed E-state index contributed by atoms with van der Waals surface area (Å²) in [6.45, 7) is 6.28. The number of rotatable bonds is 10. The van der Waals surface area contributed by atoms with Gasteiger partial charge in [-0.2, -0.15) is 0 Å². The van der Waals surface area contributed by atoms with Gasteiger partial charge in [0.15, 0.2) is 0 Å². The molecule has 0 unspecified atom stereocenters. The minimum atomic E-state index is 0.616. The first kappa shape index (κ1) is 19.8. The van der Waals surface area contributed by atoms with Crippen LogP contribution in [0, 0.1) is 13.8 Å². The van der Waals surface area contributed by atoms with Crippen LogP contribution in [-0.2, 0) is 6.42 Å². The van der Waals surface area contributed by atoms with Crippen LogP contribution in [0.15, 0.2) is 72.8 Å². The van der Waals surface area contributed by atoms with Crippen molar-refractivity contribution in [1.29, 1.82) is 0 Å². The maximum atomic E-state index is 5.90. The Bertz CT molecular complexity index is 861. The lowest BCUT2D eigenvalue weighted by atomic mass is 10.1. The Labute approximate surface area is 168 Å². The van der Waals surface area contributed by atoms with Crippen LogP contribution < -0.4 is 14.8 Å². The van der Waals surface area contributed by atoms with Crippen LogP contribution in [0.4, 0.5) is 5.69 Å². The predicted octanol–water partition coefficient (Wildman–Crippen LogP) is 5.81. The van der Waals surface area contributed by atoms with E-state index in [4.69, 9.17) is 9.47 Å². The molecule has 28 heavy (non-hydrogen) atoms. The lowest BCUT2D eigenvalue weighted by Gasteiger charge is -2.11. The summed E-state index contributed by atoms with van der Waals surface area (Å²) in [6.07, 6.45) is 2.04. The topological polar surface area (TPSA) is 30.5 Å². The molecule has 0 heterocycles. The van der Waals surface area contributed by atoms with E-state index in [9.17, 15) is 0 Å². The van der Waals surface area contributed by atoms with Crippen molar-refractivity contribution in [3.63, 3.8) is 0 Å². The van der Waals surface area contributed by atoms with Crippen LogP contribution >= 0.6 is 0 Å². The second-order valence-corrected chi connectivity index (χ2v) is 6.99. The summed E-state index contributed by atoms with van der Waals surface area (Å²) < 4.78 is 11.7. The van der Waals surface area contributed by atoms with E-state index in [0.29, 0.717) is 13.2 Å². The van der Waals surface area contributed by atoms with E-state index in [0.717, 1.165) is 36.6 Å². The molecule has 3 nitrogen and oxygen atoms in total. The number of aryl methyl sites for hydroxylation is 3. The van der Waals surface area contributed by atoms with Gasteiger partial charge in [0, 0.05) is 18.3 Å². The lowest BCUT2D eigenvalue weighted by Crippen LogP contribution is -2.11. The highest BCUT2D eigenvalue weighted by Crippen LogP contribution is 2.18. The summed E-state index contributed by atoms with van der Waals surface area (Å²) in [7, 11) is 0. The quantitative estimate of drug-likeness (QED) is 0.454. The molecule has 0 saturated carbocycles. The number of hydrogen-bond acceptors (Lipinski definition) is 3. The molecule has 0 aliphatic carbocycles. The van der Waals surface area contributed by atoms with E-state index >= 15 is 0 Å². The Morgan fingerprint density at radius 2 is 1.50 bits per heavy atom. The third-order valence-corrected chi connectivity index (χ3v) is 4.73. The van der Waals surface area contributed by atoms with Gasteiger partial charge >= 0.3 is 0 Å². The van der Waals surface area contributed by atoms with Gasteiger partial charge < -0.3 is 14.8 Å². The van der Waals surface area contributed by atoms with Gasteiger partial charge in [0.05, 0.1) is 6.61 Å². The molecule has 3 aromatic rings. The van der Waals surface area contributed by atoms with Crippen molar-refractivity contribution in [2.75, 3.05) is 25.1 Å². The Morgan fingerprint density at radius 3 is 2.32 bits per heavy atom. The highest BCUT2D eigenvalue weighted by Gasteiger charge is 2.00. The molecule has 1 N–H and O–H groups in total. The van der Waals surface area contributed by atoms with Crippen LogP contribution in [0.2, 0.25) is 0 Å². The maximum absolute atomic E-state index is 5.90. The van der Waals surface area contributed by atoms with Crippen LogP contribution in [0.1, 0.15) is 23.1 Å². The first-order valence-electron chi connectivity index (χ1n) is 9.91. The molecule has 3 aromatic carbocycles. The molecule has 3 heteroatoms. The minimum Gasteiger partial charge on any atom is -0.494 e. The van der Waals surface area contributed by atoms with E-state index in [-0.39, 0.29) is 0 Å². The lowest BCUT2D eigenvalue weighted by molar-refractivity contribution is 0.311. The fraction of sp³-hybridized carbons (Fsp3) is 0.280. The molecule has 0 atom stereocenters. The summed E-state index contributed by atoms with van der Waals surface area (Å²) in [5.74, 6) is 1.81. The third-order valence-electron chi connectivity index (χ3n) is 4.73. The molecule has 0 amide bonds. The zero-order valence-electron chi connectivity index (χ0n) is 16.8. The summed E-state index contributed by atoms with van der Waals surface area (Å²) in [5.41, 5.74) is 4.93. The number of ether oxygens (including phenoxy) is 2.